The number of nitrogens with zero attached hydrogens (tertiary/aromatic N) is 5. The van der Waals surface area contributed by atoms with E-state index in [0.717, 1.165) is 17.7 Å². The average molecular weight is 279 g/mol. The van der Waals surface area contributed by atoms with Gasteiger partial charge in [-0.05, 0) is 29.5 Å². The summed E-state index contributed by atoms with van der Waals surface area (Å²) < 4.78 is 0. The molecule has 0 saturated carbocycles. The van der Waals surface area contributed by atoms with Gasteiger partial charge < -0.3 is 0 Å². The minimum absolute atomic E-state index is 0.0539. The predicted molar refractivity (Wildman–Crippen MR) is 68.0 cm³/mol. The van der Waals surface area contributed by atoms with E-state index in [-0.39, 0.29) is 12.5 Å². The maximum atomic E-state index is 11.9. The molecule has 0 radical (unpaired) electrons. The third-order valence-electron chi connectivity index (χ3n) is 2.75. The number of thiophene rings is 1. The molecule has 2 aromatic rings. The minimum Gasteiger partial charge on any atom is -0.271 e. The Hall–Kier alpha value is -1.80. The van der Waals surface area contributed by atoms with E-state index in [4.69, 9.17) is 4.84 Å². The number of hydroxylamine groups is 2. The van der Waals surface area contributed by atoms with Gasteiger partial charge in [-0.15, -0.1) is 21.5 Å². The number of tetrazole rings is 1. The van der Waals surface area contributed by atoms with Crippen LogP contribution in [0, 0.1) is 0 Å². The summed E-state index contributed by atoms with van der Waals surface area (Å²) in [6, 6.07) is 3.84. The molecule has 7 nitrogen and oxygen atoms in total. The van der Waals surface area contributed by atoms with Crippen molar-refractivity contribution in [2.75, 3.05) is 13.2 Å². The number of hydrogen-bond donors (Lipinski definition) is 0. The van der Waals surface area contributed by atoms with Gasteiger partial charge in [-0.3, -0.25) is 9.63 Å². The summed E-state index contributed by atoms with van der Waals surface area (Å²) in [6.07, 6.45) is 1.96. The number of amides is 1. The van der Waals surface area contributed by atoms with Gasteiger partial charge in [-0.2, -0.15) is 4.80 Å². The van der Waals surface area contributed by atoms with Gasteiger partial charge in [0.1, 0.15) is 6.54 Å². The van der Waals surface area contributed by atoms with Crippen molar-refractivity contribution in [1.82, 2.24) is 25.3 Å². The van der Waals surface area contributed by atoms with Crippen LogP contribution in [0.25, 0.3) is 10.7 Å². The molecule has 1 saturated heterocycles. The predicted octanol–water partition coefficient (Wildman–Crippen LogP) is 0.956. The fraction of sp³-hybridized carbons (Fsp3) is 0.455. The Balaban J connectivity index is 1.65. The van der Waals surface area contributed by atoms with Crippen molar-refractivity contribution < 1.29 is 9.63 Å². The zero-order valence-electron chi connectivity index (χ0n) is 10.2. The molecule has 0 atom stereocenters. The minimum atomic E-state index is -0.144. The lowest BCUT2D eigenvalue weighted by Crippen LogP contribution is -2.38. The fourth-order valence-corrected chi connectivity index (χ4v) is 2.46. The van der Waals surface area contributed by atoms with E-state index in [1.807, 2.05) is 17.5 Å². The van der Waals surface area contributed by atoms with Crippen molar-refractivity contribution in [1.29, 1.82) is 0 Å². The molecular formula is C11H13N5O2S. The fourth-order valence-electron chi connectivity index (χ4n) is 1.81. The Morgan fingerprint density at radius 2 is 2.42 bits per heavy atom. The van der Waals surface area contributed by atoms with Crippen LogP contribution in [0.15, 0.2) is 17.5 Å². The molecule has 0 aliphatic carbocycles. The van der Waals surface area contributed by atoms with Crippen molar-refractivity contribution in [3.05, 3.63) is 17.5 Å². The third-order valence-corrected chi connectivity index (χ3v) is 3.62. The Bertz CT molecular complexity index is 547. The highest BCUT2D eigenvalue weighted by Crippen LogP contribution is 2.19. The lowest BCUT2D eigenvalue weighted by atomic mass is 10.3. The molecule has 1 fully saturated rings. The second-order valence-corrected chi connectivity index (χ2v) is 5.10. The first-order valence-electron chi connectivity index (χ1n) is 6.08. The largest absolute Gasteiger partial charge is 0.271 e. The van der Waals surface area contributed by atoms with E-state index >= 15 is 0 Å². The van der Waals surface area contributed by atoms with E-state index in [9.17, 15) is 4.79 Å². The number of carbonyl (C=O) groups excluding carboxylic acids is 1. The smallest absolute Gasteiger partial charge is 0.269 e. The quantitative estimate of drug-likeness (QED) is 0.836. The van der Waals surface area contributed by atoms with Gasteiger partial charge in [0.25, 0.3) is 5.91 Å². The van der Waals surface area contributed by atoms with Crippen molar-refractivity contribution in [2.24, 2.45) is 0 Å². The van der Waals surface area contributed by atoms with Crippen LogP contribution >= 0.6 is 11.3 Å². The van der Waals surface area contributed by atoms with Crippen LogP contribution < -0.4 is 0 Å². The zero-order chi connectivity index (χ0) is 13.1. The molecular weight excluding hydrogens is 266 g/mol. The van der Waals surface area contributed by atoms with Gasteiger partial charge in [0.15, 0.2) is 0 Å². The van der Waals surface area contributed by atoms with E-state index in [0.29, 0.717) is 19.0 Å². The first kappa shape index (κ1) is 12.2. The second kappa shape index (κ2) is 5.45. The number of carbonyl (C=O) groups is 1. The summed E-state index contributed by atoms with van der Waals surface area (Å²) in [5.41, 5.74) is 0. The van der Waals surface area contributed by atoms with Crippen LogP contribution in [0.2, 0.25) is 0 Å². The summed E-state index contributed by atoms with van der Waals surface area (Å²) in [5.74, 6) is 0.400. The lowest BCUT2D eigenvalue weighted by molar-refractivity contribution is -0.198. The van der Waals surface area contributed by atoms with Crippen molar-refractivity contribution in [3.8, 4) is 10.7 Å². The molecule has 3 rings (SSSR count). The van der Waals surface area contributed by atoms with Crippen molar-refractivity contribution >= 4 is 17.2 Å². The maximum absolute atomic E-state index is 11.9. The van der Waals surface area contributed by atoms with Gasteiger partial charge in [-0.1, -0.05) is 6.07 Å². The molecule has 0 spiro atoms. The first-order chi connectivity index (χ1) is 9.33. The summed E-state index contributed by atoms with van der Waals surface area (Å²) in [4.78, 5) is 19.5. The third kappa shape index (κ3) is 2.79. The van der Waals surface area contributed by atoms with E-state index in [2.05, 4.69) is 15.4 Å². The summed E-state index contributed by atoms with van der Waals surface area (Å²) in [6.45, 7) is 1.28. The lowest BCUT2D eigenvalue weighted by Gasteiger charge is -2.25. The van der Waals surface area contributed by atoms with Crippen molar-refractivity contribution in [2.45, 2.75) is 19.4 Å². The molecule has 0 bridgehead atoms. The Morgan fingerprint density at radius 3 is 3.16 bits per heavy atom. The average Bonchev–Trinajstić information content (AvgIpc) is 3.10. The Kier molecular flexibility index (Phi) is 3.51. The van der Waals surface area contributed by atoms with Gasteiger partial charge >= 0.3 is 0 Å². The van der Waals surface area contributed by atoms with Crippen LogP contribution in [0.4, 0.5) is 0 Å². The topological polar surface area (TPSA) is 73.1 Å². The number of rotatable bonds is 3. The molecule has 100 valence electrons. The van der Waals surface area contributed by atoms with E-state index < -0.39 is 0 Å². The van der Waals surface area contributed by atoms with Gasteiger partial charge in [-0.25, -0.2) is 5.06 Å². The normalized spacial score (nSPS) is 15.7. The van der Waals surface area contributed by atoms with Crippen molar-refractivity contribution in [3.63, 3.8) is 0 Å². The number of aromatic nitrogens is 4. The van der Waals surface area contributed by atoms with Crippen LogP contribution in [0.5, 0.6) is 0 Å². The monoisotopic (exact) mass is 279 g/mol. The first-order valence-corrected chi connectivity index (χ1v) is 6.96. The van der Waals surface area contributed by atoms with Gasteiger partial charge in [0.2, 0.25) is 5.82 Å². The SMILES string of the molecule is O=C(Cn1nnc(-c2cccs2)n1)N1CCCCO1. The Morgan fingerprint density at radius 1 is 1.47 bits per heavy atom. The molecule has 8 heteroatoms. The molecule has 0 aromatic carbocycles. The molecule has 3 heterocycles. The van der Waals surface area contributed by atoms with E-state index in [1.165, 1.54) is 21.2 Å². The molecule has 2 aromatic heterocycles. The van der Waals surface area contributed by atoms with Crippen LogP contribution in [-0.4, -0.2) is 44.3 Å². The molecule has 1 aliphatic heterocycles. The van der Waals surface area contributed by atoms with E-state index in [1.54, 1.807) is 0 Å². The van der Waals surface area contributed by atoms with Crippen LogP contribution in [0.3, 0.4) is 0 Å². The molecule has 1 amide bonds. The Labute approximate surface area is 113 Å². The van der Waals surface area contributed by atoms with Crippen LogP contribution in [-0.2, 0) is 16.2 Å². The summed E-state index contributed by atoms with van der Waals surface area (Å²) >= 11 is 1.54. The molecule has 19 heavy (non-hydrogen) atoms. The highest BCUT2D eigenvalue weighted by molar-refractivity contribution is 7.13. The highest BCUT2D eigenvalue weighted by Gasteiger charge is 2.19. The van der Waals surface area contributed by atoms with Crippen LogP contribution in [0.1, 0.15) is 12.8 Å². The maximum Gasteiger partial charge on any atom is 0.269 e. The zero-order valence-corrected chi connectivity index (χ0v) is 11.0. The standard InChI is InChI=1S/C11H13N5O2S/c17-10(15-5-1-2-6-18-15)8-16-13-11(12-14-16)9-4-3-7-19-9/h3-4,7H,1-2,5-6,8H2. The second-order valence-electron chi connectivity index (χ2n) is 4.16. The highest BCUT2D eigenvalue weighted by atomic mass is 32.1. The summed E-state index contributed by atoms with van der Waals surface area (Å²) in [5, 5.41) is 15.3. The summed E-state index contributed by atoms with van der Waals surface area (Å²) in [7, 11) is 0. The molecule has 0 N–H and O–H groups in total. The number of hydrogen-bond acceptors (Lipinski definition) is 6. The molecule has 0 unspecified atom stereocenters. The van der Waals surface area contributed by atoms with Gasteiger partial charge in [0, 0.05) is 6.54 Å². The van der Waals surface area contributed by atoms with Gasteiger partial charge in [0.05, 0.1) is 11.5 Å². The molecule has 1 aliphatic rings.